The van der Waals surface area contributed by atoms with Crippen molar-refractivity contribution in [3.8, 4) is 34.7 Å². The Kier molecular flexibility index (Phi) is 6.78. The van der Waals surface area contributed by atoms with E-state index in [2.05, 4.69) is 20.9 Å². The Labute approximate surface area is 216 Å². The zero-order valence-electron chi connectivity index (χ0n) is 20.5. The molecule has 3 aromatic carbocycles. The van der Waals surface area contributed by atoms with Crippen LogP contribution in [-0.4, -0.2) is 24.7 Å². The van der Waals surface area contributed by atoms with Crippen LogP contribution >= 0.6 is 0 Å². The molecule has 0 radical (unpaired) electrons. The van der Waals surface area contributed by atoms with E-state index in [0.717, 1.165) is 22.3 Å². The highest BCUT2D eigenvalue weighted by Gasteiger charge is 2.29. The predicted molar refractivity (Wildman–Crippen MR) is 139 cm³/mol. The predicted octanol–water partition coefficient (Wildman–Crippen LogP) is 5.17. The van der Waals surface area contributed by atoms with E-state index in [1.54, 1.807) is 30.3 Å². The van der Waals surface area contributed by atoms with Crippen molar-refractivity contribution in [1.82, 2.24) is 14.9 Å². The van der Waals surface area contributed by atoms with E-state index < -0.39 is 10.0 Å². The molecular weight excluding hydrogens is 488 g/mol. The lowest BCUT2D eigenvalue weighted by Crippen LogP contribution is -2.28. The topological polar surface area (TPSA) is 118 Å². The van der Waals surface area contributed by atoms with Gasteiger partial charge in [0.2, 0.25) is 15.8 Å². The van der Waals surface area contributed by atoms with Gasteiger partial charge in [0.25, 0.3) is 5.89 Å². The van der Waals surface area contributed by atoms with Gasteiger partial charge < -0.3 is 9.26 Å². The van der Waals surface area contributed by atoms with Gasteiger partial charge in [0.15, 0.2) is 0 Å². The number of hydrogen-bond donors (Lipinski definition) is 1. The van der Waals surface area contributed by atoms with Crippen molar-refractivity contribution in [2.24, 2.45) is 0 Å². The maximum absolute atomic E-state index is 12.8. The number of nitriles is 1. The molecule has 1 N–H and O–H groups in total. The highest BCUT2D eigenvalue weighted by Crippen LogP contribution is 2.38. The Morgan fingerprint density at radius 2 is 1.95 bits per heavy atom. The first-order chi connectivity index (χ1) is 17.8. The standard InChI is InChI=1S/C28H26N4O4S/c1-18(2)35-26-14-11-20(15-21(26)16-29)28-30-27(31-36-28)24-10-6-9-23-22(24)12-13-25(23)32-37(33,34)17-19-7-4-3-5-8-19/h3-11,14-15,18,25,32H,12-13,17H2,1-2H3. The molecule has 1 atom stereocenters. The van der Waals surface area contributed by atoms with Gasteiger partial charge in [-0.3, -0.25) is 0 Å². The second-order valence-electron chi connectivity index (χ2n) is 9.24. The van der Waals surface area contributed by atoms with Crippen molar-refractivity contribution >= 4 is 10.0 Å². The molecule has 5 rings (SSSR count). The molecule has 1 heterocycles. The number of benzene rings is 3. The summed E-state index contributed by atoms with van der Waals surface area (Å²) in [7, 11) is -3.52. The third-order valence-electron chi connectivity index (χ3n) is 6.17. The molecule has 8 nitrogen and oxygen atoms in total. The lowest BCUT2D eigenvalue weighted by molar-refractivity contribution is 0.241. The summed E-state index contributed by atoms with van der Waals surface area (Å²) < 4.78 is 39.8. The van der Waals surface area contributed by atoms with E-state index in [0.29, 0.717) is 41.4 Å². The van der Waals surface area contributed by atoms with Gasteiger partial charge in [-0.05, 0) is 61.6 Å². The smallest absolute Gasteiger partial charge is 0.258 e. The minimum atomic E-state index is -3.52. The summed E-state index contributed by atoms with van der Waals surface area (Å²) in [4.78, 5) is 4.58. The summed E-state index contributed by atoms with van der Waals surface area (Å²) in [5.74, 6) is 1.14. The second kappa shape index (κ2) is 10.2. The molecule has 1 aromatic heterocycles. The Morgan fingerprint density at radius 3 is 2.70 bits per heavy atom. The van der Waals surface area contributed by atoms with Crippen molar-refractivity contribution in [2.75, 3.05) is 0 Å². The molecular formula is C28H26N4O4S. The van der Waals surface area contributed by atoms with Crippen LogP contribution in [-0.2, 0) is 22.2 Å². The van der Waals surface area contributed by atoms with Crippen LogP contribution in [0.15, 0.2) is 71.3 Å². The lowest BCUT2D eigenvalue weighted by Gasteiger charge is -2.15. The van der Waals surface area contributed by atoms with Gasteiger partial charge >= 0.3 is 0 Å². The number of ether oxygens (including phenoxy) is 1. The number of aromatic nitrogens is 2. The molecule has 0 fully saturated rings. The average molecular weight is 515 g/mol. The van der Waals surface area contributed by atoms with E-state index in [1.807, 2.05) is 50.2 Å². The van der Waals surface area contributed by atoms with Crippen molar-refractivity contribution in [3.63, 3.8) is 0 Å². The number of hydrogen-bond acceptors (Lipinski definition) is 7. The Hall–Kier alpha value is -4.00. The van der Waals surface area contributed by atoms with E-state index in [-0.39, 0.29) is 17.9 Å². The third kappa shape index (κ3) is 5.40. The second-order valence-corrected chi connectivity index (χ2v) is 11.0. The van der Waals surface area contributed by atoms with Gasteiger partial charge in [0.1, 0.15) is 11.8 Å². The van der Waals surface area contributed by atoms with Gasteiger partial charge in [-0.1, -0.05) is 53.7 Å². The first-order valence-electron chi connectivity index (χ1n) is 12.0. The molecule has 37 heavy (non-hydrogen) atoms. The molecule has 1 aliphatic carbocycles. The molecule has 1 aliphatic rings. The van der Waals surface area contributed by atoms with Gasteiger partial charge in [0.05, 0.1) is 17.4 Å². The lowest BCUT2D eigenvalue weighted by atomic mass is 10.0. The highest BCUT2D eigenvalue weighted by molar-refractivity contribution is 7.88. The minimum Gasteiger partial charge on any atom is -0.490 e. The van der Waals surface area contributed by atoms with Gasteiger partial charge in [-0.15, -0.1) is 0 Å². The number of sulfonamides is 1. The fourth-order valence-corrected chi connectivity index (χ4v) is 5.99. The summed E-state index contributed by atoms with van der Waals surface area (Å²) in [6, 6.07) is 21.9. The molecule has 188 valence electrons. The molecule has 9 heteroatoms. The van der Waals surface area contributed by atoms with Gasteiger partial charge in [-0.2, -0.15) is 10.2 Å². The Bertz CT molecular complexity index is 1570. The largest absolute Gasteiger partial charge is 0.490 e. The van der Waals surface area contributed by atoms with Gasteiger partial charge in [-0.25, -0.2) is 13.1 Å². The van der Waals surface area contributed by atoms with Crippen molar-refractivity contribution < 1.29 is 17.7 Å². The first kappa shape index (κ1) is 24.7. The SMILES string of the molecule is CC(C)Oc1ccc(-c2nc(-c3cccc4c3CCC4NS(=O)(=O)Cc3ccccc3)no2)cc1C#N. The molecule has 0 spiro atoms. The third-order valence-corrected chi connectivity index (χ3v) is 7.53. The van der Waals surface area contributed by atoms with E-state index in [9.17, 15) is 13.7 Å². The number of fused-ring (bicyclic) bond motifs is 1. The van der Waals surface area contributed by atoms with Crippen molar-refractivity contribution in [3.05, 3.63) is 89.0 Å². The van der Waals surface area contributed by atoms with Gasteiger partial charge in [0, 0.05) is 17.2 Å². The molecule has 0 saturated carbocycles. The fraction of sp³-hybridized carbons (Fsp3) is 0.250. The van der Waals surface area contributed by atoms with Crippen LogP contribution in [0.25, 0.3) is 22.8 Å². The Balaban J connectivity index is 1.38. The quantitative estimate of drug-likeness (QED) is 0.345. The summed E-state index contributed by atoms with van der Waals surface area (Å²) in [5.41, 5.74) is 4.47. The number of nitrogens with zero attached hydrogens (tertiary/aromatic N) is 3. The zero-order chi connectivity index (χ0) is 26.0. The minimum absolute atomic E-state index is 0.0558. The normalized spacial score (nSPS) is 14.9. The molecule has 0 amide bonds. The average Bonchev–Trinajstić information content (AvgIpc) is 3.52. The summed E-state index contributed by atoms with van der Waals surface area (Å²) in [6.07, 6.45) is 1.28. The van der Waals surface area contributed by atoms with E-state index >= 15 is 0 Å². The first-order valence-corrected chi connectivity index (χ1v) is 13.7. The van der Waals surface area contributed by atoms with Crippen molar-refractivity contribution in [2.45, 2.75) is 44.6 Å². The van der Waals surface area contributed by atoms with Crippen LogP contribution in [0.4, 0.5) is 0 Å². The molecule has 4 aromatic rings. The van der Waals surface area contributed by atoms with Crippen LogP contribution in [0.2, 0.25) is 0 Å². The monoisotopic (exact) mass is 514 g/mol. The maximum Gasteiger partial charge on any atom is 0.258 e. The summed E-state index contributed by atoms with van der Waals surface area (Å²) in [5, 5.41) is 13.7. The fourth-order valence-electron chi connectivity index (χ4n) is 4.60. The van der Waals surface area contributed by atoms with Crippen LogP contribution in [0.3, 0.4) is 0 Å². The highest BCUT2D eigenvalue weighted by atomic mass is 32.2. The van der Waals surface area contributed by atoms with Crippen LogP contribution < -0.4 is 9.46 Å². The summed E-state index contributed by atoms with van der Waals surface area (Å²) in [6.45, 7) is 3.80. The zero-order valence-corrected chi connectivity index (χ0v) is 21.3. The van der Waals surface area contributed by atoms with Crippen molar-refractivity contribution in [1.29, 1.82) is 5.26 Å². The van der Waals surface area contributed by atoms with Crippen LogP contribution in [0.1, 0.15) is 48.6 Å². The Morgan fingerprint density at radius 1 is 1.14 bits per heavy atom. The molecule has 1 unspecified atom stereocenters. The number of rotatable bonds is 8. The summed E-state index contributed by atoms with van der Waals surface area (Å²) >= 11 is 0. The van der Waals surface area contributed by atoms with Crippen LogP contribution in [0.5, 0.6) is 5.75 Å². The number of nitrogens with one attached hydrogen (secondary N) is 1. The molecule has 0 aliphatic heterocycles. The van der Waals surface area contributed by atoms with Crippen LogP contribution in [0, 0.1) is 11.3 Å². The molecule has 0 saturated heterocycles. The maximum atomic E-state index is 12.8. The molecule has 0 bridgehead atoms. The van der Waals surface area contributed by atoms with E-state index in [4.69, 9.17) is 9.26 Å². The van der Waals surface area contributed by atoms with E-state index in [1.165, 1.54) is 0 Å².